The van der Waals surface area contributed by atoms with Gasteiger partial charge in [-0.3, -0.25) is 0 Å². The average molecular weight is 622 g/mol. The first-order valence-corrected chi connectivity index (χ1v) is 18.9. The fourth-order valence-corrected chi connectivity index (χ4v) is 8.93. The van der Waals surface area contributed by atoms with Gasteiger partial charge in [0.15, 0.2) is 0 Å². The molecule has 0 spiro atoms. The number of aliphatic hydroxyl groups excluding tert-OH is 1. The molecule has 4 saturated carbocycles. The molecule has 0 radical (unpaired) electrons. The molecule has 0 bridgehead atoms. The Morgan fingerprint density at radius 1 is 0.609 bits per heavy atom. The SMILES string of the molecule is OC1CCC(n2c(C3CC3)cc3ccccc32)CC1.c1ccc2c(c1)cc(C1CC1)n2C1CCC(OCCCN2CCCC2)CC1. The van der Waals surface area contributed by atoms with Crippen molar-refractivity contribution in [3.05, 3.63) is 72.1 Å². The maximum absolute atomic E-state index is 9.72. The molecule has 4 aliphatic carbocycles. The van der Waals surface area contributed by atoms with Crippen LogP contribution in [0.3, 0.4) is 0 Å². The van der Waals surface area contributed by atoms with Crippen molar-refractivity contribution in [1.82, 2.24) is 14.0 Å². The van der Waals surface area contributed by atoms with Crippen LogP contribution in [0.4, 0.5) is 0 Å². The Kier molecular flexibility index (Phi) is 9.26. The number of para-hydroxylation sites is 2. The van der Waals surface area contributed by atoms with Gasteiger partial charge in [-0.1, -0.05) is 36.4 Å². The highest BCUT2D eigenvalue weighted by molar-refractivity contribution is 5.82. The van der Waals surface area contributed by atoms with Gasteiger partial charge in [0.1, 0.15) is 0 Å². The minimum atomic E-state index is -0.0672. The summed E-state index contributed by atoms with van der Waals surface area (Å²) in [5.74, 6) is 1.61. The third kappa shape index (κ3) is 6.84. The van der Waals surface area contributed by atoms with E-state index in [4.69, 9.17) is 4.74 Å². The third-order valence-corrected chi connectivity index (χ3v) is 11.8. The van der Waals surface area contributed by atoms with Crippen molar-refractivity contribution in [3.8, 4) is 0 Å². The molecule has 5 fully saturated rings. The van der Waals surface area contributed by atoms with Crippen molar-refractivity contribution in [3.63, 3.8) is 0 Å². The molecule has 0 unspecified atom stereocenters. The number of aliphatic hydroxyl groups is 1. The maximum atomic E-state index is 9.72. The summed E-state index contributed by atoms with van der Waals surface area (Å²) in [6.07, 6.45) is 19.0. The van der Waals surface area contributed by atoms with Crippen LogP contribution >= 0.6 is 0 Å². The zero-order valence-corrected chi connectivity index (χ0v) is 27.9. The molecule has 3 heterocycles. The second kappa shape index (κ2) is 13.9. The summed E-state index contributed by atoms with van der Waals surface area (Å²) >= 11 is 0. The summed E-state index contributed by atoms with van der Waals surface area (Å²) in [6.45, 7) is 4.79. The van der Waals surface area contributed by atoms with Crippen molar-refractivity contribution >= 4 is 21.8 Å². The van der Waals surface area contributed by atoms with E-state index in [1.54, 1.807) is 11.4 Å². The lowest BCUT2D eigenvalue weighted by Crippen LogP contribution is -2.26. The van der Waals surface area contributed by atoms with Gasteiger partial charge in [0, 0.05) is 47.7 Å². The Labute approximate surface area is 275 Å². The molecule has 246 valence electrons. The minimum absolute atomic E-state index is 0.0672. The number of benzene rings is 2. The van der Waals surface area contributed by atoms with Gasteiger partial charge in [-0.25, -0.2) is 0 Å². The second-order valence-corrected chi connectivity index (χ2v) is 15.2. The second-order valence-electron chi connectivity index (χ2n) is 15.2. The molecule has 1 N–H and O–H groups in total. The van der Waals surface area contributed by atoms with Gasteiger partial charge in [0.2, 0.25) is 0 Å². The first kappa shape index (κ1) is 30.7. The summed E-state index contributed by atoms with van der Waals surface area (Å²) in [5.41, 5.74) is 5.99. The van der Waals surface area contributed by atoms with E-state index in [-0.39, 0.29) is 6.10 Å². The molecule has 5 heteroatoms. The number of nitrogens with zero attached hydrogens (tertiary/aromatic N) is 3. The van der Waals surface area contributed by atoms with Crippen LogP contribution in [0, 0.1) is 0 Å². The van der Waals surface area contributed by atoms with E-state index in [1.165, 1.54) is 112 Å². The number of hydrogen-bond donors (Lipinski definition) is 1. The summed E-state index contributed by atoms with van der Waals surface area (Å²) in [4.78, 5) is 2.59. The normalized spacial score (nSPS) is 27.2. The molecule has 9 rings (SSSR count). The molecule has 2 aromatic carbocycles. The van der Waals surface area contributed by atoms with E-state index in [0.717, 1.165) is 44.1 Å². The van der Waals surface area contributed by atoms with Crippen LogP contribution in [0.1, 0.15) is 132 Å². The summed E-state index contributed by atoms with van der Waals surface area (Å²) in [7, 11) is 0. The zero-order valence-electron chi connectivity index (χ0n) is 27.9. The highest BCUT2D eigenvalue weighted by atomic mass is 16.5. The highest BCUT2D eigenvalue weighted by Crippen LogP contribution is 2.46. The Morgan fingerprint density at radius 3 is 1.63 bits per heavy atom. The van der Waals surface area contributed by atoms with Crippen molar-refractivity contribution in [2.24, 2.45) is 0 Å². The maximum Gasteiger partial charge on any atom is 0.0576 e. The van der Waals surface area contributed by atoms with Gasteiger partial charge < -0.3 is 23.9 Å². The predicted octanol–water partition coefficient (Wildman–Crippen LogP) is 9.50. The van der Waals surface area contributed by atoms with Crippen LogP contribution < -0.4 is 0 Å². The fourth-order valence-electron chi connectivity index (χ4n) is 8.93. The first-order chi connectivity index (χ1) is 22.7. The molecule has 0 amide bonds. The lowest BCUT2D eigenvalue weighted by Gasteiger charge is -2.31. The van der Waals surface area contributed by atoms with Gasteiger partial charge in [0.25, 0.3) is 0 Å². The summed E-state index contributed by atoms with van der Waals surface area (Å²) < 4.78 is 11.6. The van der Waals surface area contributed by atoms with Gasteiger partial charge in [-0.15, -0.1) is 0 Å². The van der Waals surface area contributed by atoms with Crippen molar-refractivity contribution in [1.29, 1.82) is 0 Å². The van der Waals surface area contributed by atoms with Gasteiger partial charge in [0.05, 0.1) is 12.2 Å². The number of fused-ring (bicyclic) bond motifs is 2. The quantitative estimate of drug-likeness (QED) is 0.189. The molecule has 0 atom stereocenters. The Morgan fingerprint density at radius 2 is 1.11 bits per heavy atom. The lowest BCUT2D eigenvalue weighted by molar-refractivity contribution is 0.0158. The van der Waals surface area contributed by atoms with Crippen molar-refractivity contribution in [2.75, 3.05) is 26.2 Å². The van der Waals surface area contributed by atoms with E-state index >= 15 is 0 Å². The van der Waals surface area contributed by atoms with Crippen LogP contribution in [0.5, 0.6) is 0 Å². The molecule has 46 heavy (non-hydrogen) atoms. The fraction of sp³-hybridized carbons (Fsp3) is 0.610. The first-order valence-electron chi connectivity index (χ1n) is 18.9. The smallest absolute Gasteiger partial charge is 0.0576 e. The summed E-state index contributed by atoms with van der Waals surface area (Å²) in [5, 5.41) is 12.5. The third-order valence-electron chi connectivity index (χ3n) is 11.8. The van der Waals surface area contributed by atoms with Gasteiger partial charge >= 0.3 is 0 Å². The van der Waals surface area contributed by atoms with Crippen LogP contribution in [0.2, 0.25) is 0 Å². The number of likely N-dealkylation sites (tertiary alicyclic amines) is 1. The topological polar surface area (TPSA) is 42.6 Å². The number of ether oxygens (including phenoxy) is 1. The van der Waals surface area contributed by atoms with Gasteiger partial charge in [-0.05, 0) is 156 Å². The van der Waals surface area contributed by atoms with Gasteiger partial charge in [-0.2, -0.15) is 0 Å². The minimum Gasteiger partial charge on any atom is -0.393 e. The molecule has 5 aliphatic rings. The largest absolute Gasteiger partial charge is 0.393 e. The van der Waals surface area contributed by atoms with Crippen molar-refractivity contribution < 1.29 is 9.84 Å². The van der Waals surface area contributed by atoms with E-state index in [0.29, 0.717) is 18.2 Å². The molecule has 1 aliphatic heterocycles. The predicted molar refractivity (Wildman–Crippen MR) is 189 cm³/mol. The van der Waals surface area contributed by atoms with E-state index in [2.05, 4.69) is 74.7 Å². The molecule has 5 nitrogen and oxygen atoms in total. The molecule has 1 saturated heterocycles. The summed E-state index contributed by atoms with van der Waals surface area (Å²) in [6, 6.07) is 23.9. The highest BCUT2D eigenvalue weighted by Gasteiger charge is 2.33. The van der Waals surface area contributed by atoms with Crippen LogP contribution in [0.15, 0.2) is 60.7 Å². The molecule has 2 aromatic heterocycles. The van der Waals surface area contributed by atoms with Crippen LogP contribution in [-0.2, 0) is 4.74 Å². The number of hydrogen-bond acceptors (Lipinski definition) is 3. The lowest BCUT2D eigenvalue weighted by atomic mass is 9.92. The van der Waals surface area contributed by atoms with E-state index in [9.17, 15) is 5.11 Å². The molecule has 4 aromatic rings. The van der Waals surface area contributed by atoms with E-state index in [1.807, 2.05) is 0 Å². The number of aromatic nitrogens is 2. The van der Waals surface area contributed by atoms with Crippen LogP contribution in [0.25, 0.3) is 21.8 Å². The standard InChI is InChI=1S/C24H34N2O.C17H21NO/c1-2-7-23-20(6-1)18-24(19-8-9-19)26(23)21-10-12-22(13-11-21)27-17-5-16-25-14-3-4-15-25;19-15-9-7-14(8-10-15)18-16-4-2-1-3-13(16)11-17(18)12-5-6-12/h1-2,6-7,18-19,21-22H,3-5,8-17H2;1-4,11-12,14-15,19H,5-10H2. The Hall–Kier alpha value is -2.60. The molecular formula is C41H55N3O2. The zero-order chi connectivity index (χ0) is 30.9. The number of rotatable bonds is 9. The van der Waals surface area contributed by atoms with Crippen molar-refractivity contribution in [2.45, 2.75) is 132 Å². The Balaban J connectivity index is 0.000000144. The average Bonchev–Trinajstić information content (AvgIpc) is 4.00. The monoisotopic (exact) mass is 621 g/mol. The molecular weight excluding hydrogens is 566 g/mol. The Bertz CT molecular complexity index is 1570. The van der Waals surface area contributed by atoms with E-state index < -0.39 is 0 Å². The van der Waals surface area contributed by atoms with Crippen LogP contribution in [-0.4, -0.2) is 57.6 Å².